The molecular formula is C13H18F3NO. The SMILES string of the molecule is CCCC(C)CC(O)c1ccc(C(F)(F)F)cn1. The van der Waals surface area contributed by atoms with Crippen LogP contribution in [0, 0.1) is 5.92 Å². The van der Waals surface area contributed by atoms with Gasteiger partial charge in [-0.3, -0.25) is 4.98 Å². The molecular weight excluding hydrogens is 243 g/mol. The van der Waals surface area contributed by atoms with Crippen molar-refractivity contribution in [2.24, 2.45) is 5.92 Å². The number of pyridine rings is 1. The molecule has 2 nitrogen and oxygen atoms in total. The van der Waals surface area contributed by atoms with Gasteiger partial charge in [0.25, 0.3) is 0 Å². The van der Waals surface area contributed by atoms with E-state index in [1.54, 1.807) is 0 Å². The van der Waals surface area contributed by atoms with E-state index >= 15 is 0 Å². The highest BCUT2D eigenvalue weighted by Gasteiger charge is 2.30. The van der Waals surface area contributed by atoms with Crippen molar-refractivity contribution in [2.45, 2.75) is 45.4 Å². The summed E-state index contributed by atoms with van der Waals surface area (Å²) in [6.07, 6.45) is -1.89. The van der Waals surface area contributed by atoms with Crippen molar-refractivity contribution >= 4 is 0 Å². The van der Waals surface area contributed by atoms with Crippen molar-refractivity contribution in [3.05, 3.63) is 29.6 Å². The maximum atomic E-state index is 12.3. The topological polar surface area (TPSA) is 33.1 Å². The maximum Gasteiger partial charge on any atom is 0.417 e. The molecule has 1 rings (SSSR count). The molecule has 2 atom stereocenters. The van der Waals surface area contributed by atoms with Crippen LogP contribution in [0.25, 0.3) is 0 Å². The standard InChI is InChI=1S/C13H18F3NO/c1-3-4-9(2)7-12(18)11-6-5-10(8-17-11)13(14,15)16/h5-6,8-9,12,18H,3-4,7H2,1-2H3. The molecule has 0 aliphatic heterocycles. The van der Waals surface area contributed by atoms with E-state index in [0.717, 1.165) is 25.1 Å². The van der Waals surface area contributed by atoms with Gasteiger partial charge in [-0.25, -0.2) is 0 Å². The number of alkyl halides is 3. The Labute approximate surface area is 105 Å². The third-order valence-corrected chi connectivity index (χ3v) is 2.86. The van der Waals surface area contributed by atoms with Crippen molar-refractivity contribution in [3.63, 3.8) is 0 Å². The molecule has 0 aliphatic carbocycles. The van der Waals surface area contributed by atoms with Gasteiger partial charge in [0, 0.05) is 6.20 Å². The fraction of sp³-hybridized carbons (Fsp3) is 0.615. The molecule has 1 aromatic heterocycles. The molecule has 0 bridgehead atoms. The summed E-state index contributed by atoms with van der Waals surface area (Å²) < 4.78 is 37.0. The van der Waals surface area contributed by atoms with Crippen LogP contribution in [0.5, 0.6) is 0 Å². The van der Waals surface area contributed by atoms with Crippen LogP contribution in [0.4, 0.5) is 13.2 Å². The second-order valence-electron chi connectivity index (χ2n) is 4.61. The van der Waals surface area contributed by atoms with Crippen molar-refractivity contribution < 1.29 is 18.3 Å². The average Bonchev–Trinajstić information content (AvgIpc) is 2.28. The highest BCUT2D eigenvalue weighted by molar-refractivity contribution is 5.18. The maximum absolute atomic E-state index is 12.3. The molecule has 0 aromatic carbocycles. The van der Waals surface area contributed by atoms with Gasteiger partial charge in [0.05, 0.1) is 17.4 Å². The molecule has 0 spiro atoms. The number of aromatic nitrogens is 1. The third-order valence-electron chi connectivity index (χ3n) is 2.86. The summed E-state index contributed by atoms with van der Waals surface area (Å²) in [5.74, 6) is 0.328. The highest BCUT2D eigenvalue weighted by Crippen LogP contribution is 2.29. The molecule has 5 heteroatoms. The molecule has 0 saturated heterocycles. The fourth-order valence-corrected chi connectivity index (χ4v) is 1.88. The number of nitrogens with zero attached hydrogens (tertiary/aromatic N) is 1. The zero-order valence-corrected chi connectivity index (χ0v) is 10.5. The van der Waals surface area contributed by atoms with Crippen LogP contribution in [0.15, 0.2) is 18.3 Å². The molecule has 1 heterocycles. The summed E-state index contributed by atoms with van der Waals surface area (Å²) in [6, 6.07) is 2.20. The van der Waals surface area contributed by atoms with Crippen molar-refractivity contribution in [1.29, 1.82) is 0 Å². The molecule has 0 amide bonds. The molecule has 18 heavy (non-hydrogen) atoms. The predicted octanol–water partition coefficient (Wildman–Crippen LogP) is 3.96. The Morgan fingerprint density at radius 3 is 2.44 bits per heavy atom. The fourth-order valence-electron chi connectivity index (χ4n) is 1.88. The first-order valence-corrected chi connectivity index (χ1v) is 6.05. The largest absolute Gasteiger partial charge is 0.417 e. The summed E-state index contributed by atoms with van der Waals surface area (Å²) in [6.45, 7) is 4.07. The Balaban J connectivity index is 2.67. The van der Waals surface area contributed by atoms with Gasteiger partial charge in [-0.15, -0.1) is 0 Å². The van der Waals surface area contributed by atoms with E-state index in [4.69, 9.17) is 0 Å². The monoisotopic (exact) mass is 261 g/mol. The van der Waals surface area contributed by atoms with Crippen LogP contribution < -0.4 is 0 Å². The van der Waals surface area contributed by atoms with Crippen LogP contribution in [-0.4, -0.2) is 10.1 Å². The minimum Gasteiger partial charge on any atom is -0.387 e. The van der Waals surface area contributed by atoms with Crippen LogP contribution in [0.2, 0.25) is 0 Å². The molecule has 2 unspecified atom stereocenters. The van der Waals surface area contributed by atoms with Gasteiger partial charge >= 0.3 is 6.18 Å². The van der Waals surface area contributed by atoms with E-state index in [2.05, 4.69) is 11.9 Å². The molecule has 1 aromatic rings. The smallest absolute Gasteiger partial charge is 0.387 e. The lowest BCUT2D eigenvalue weighted by Crippen LogP contribution is -2.09. The molecule has 1 N–H and O–H groups in total. The Morgan fingerprint density at radius 2 is 2.00 bits per heavy atom. The first kappa shape index (κ1) is 15.0. The highest BCUT2D eigenvalue weighted by atomic mass is 19.4. The summed E-state index contributed by atoms with van der Waals surface area (Å²) >= 11 is 0. The van der Waals surface area contributed by atoms with Gasteiger partial charge in [0.1, 0.15) is 0 Å². The van der Waals surface area contributed by atoms with E-state index in [0.29, 0.717) is 18.0 Å². The van der Waals surface area contributed by atoms with E-state index in [1.165, 1.54) is 6.07 Å². The minimum absolute atomic E-state index is 0.297. The predicted molar refractivity (Wildman–Crippen MR) is 62.9 cm³/mol. The van der Waals surface area contributed by atoms with Crippen LogP contribution in [0.1, 0.15) is 50.5 Å². The summed E-state index contributed by atoms with van der Waals surface area (Å²) in [5.41, 5.74) is -0.494. The van der Waals surface area contributed by atoms with Crippen molar-refractivity contribution in [1.82, 2.24) is 4.98 Å². The molecule has 0 fully saturated rings. The van der Waals surface area contributed by atoms with E-state index < -0.39 is 17.8 Å². The van der Waals surface area contributed by atoms with Gasteiger partial charge in [0.15, 0.2) is 0 Å². The van der Waals surface area contributed by atoms with Crippen LogP contribution >= 0.6 is 0 Å². The van der Waals surface area contributed by atoms with E-state index in [1.807, 2.05) is 6.92 Å². The van der Waals surface area contributed by atoms with Crippen LogP contribution in [-0.2, 0) is 6.18 Å². The number of aliphatic hydroxyl groups is 1. The molecule has 102 valence electrons. The zero-order valence-electron chi connectivity index (χ0n) is 10.5. The zero-order chi connectivity index (χ0) is 13.8. The Hall–Kier alpha value is -1.10. The van der Waals surface area contributed by atoms with Gasteiger partial charge < -0.3 is 5.11 Å². The lowest BCUT2D eigenvalue weighted by Gasteiger charge is -2.16. The number of aliphatic hydroxyl groups excluding tert-OH is 1. The first-order chi connectivity index (χ1) is 8.34. The lowest BCUT2D eigenvalue weighted by molar-refractivity contribution is -0.137. The van der Waals surface area contributed by atoms with Crippen molar-refractivity contribution in [2.75, 3.05) is 0 Å². The average molecular weight is 261 g/mol. The second kappa shape index (κ2) is 6.18. The quantitative estimate of drug-likeness (QED) is 0.870. The normalized spacial score (nSPS) is 15.4. The number of hydrogen-bond acceptors (Lipinski definition) is 2. The van der Waals surface area contributed by atoms with Gasteiger partial charge in [-0.1, -0.05) is 26.7 Å². The van der Waals surface area contributed by atoms with E-state index in [-0.39, 0.29) is 0 Å². The Bertz CT molecular complexity index is 361. The first-order valence-electron chi connectivity index (χ1n) is 6.05. The third kappa shape index (κ3) is 4.29. The summed E-state index contributed by atoms with van der Waals surface area (Å²) in [5, 5.41) is 9.87. The molecule has 0 radical (unpaired) electrons. The van der Waals surface area contributed by atoms with Crippen LogP contribution in [0.3, 0.4) is 0 Å². The van der Waals surface area contributed by atoms with Gasteiger partial charge in [0.2, 0.25) is 0 Å². The number of hydrogen-bond donors (Lipinski definition) is 1. The van der Waals surface area contributed by atoms with Crippen molar-refractivity contribution in [3.8, 4) is 0 Å². The molecule has 0 aliphatic rings. The summed E-state index contributed by atoms with van der Waals surface area (Å²) in [7, 11) is 0. The minimum atomic E-state index is -4.38. The van der Waals surface area contributed by atoms with Gasteiger partial charge in [-0.2, -0.15) is 13.2 Å². The van der Waals surface area contributed by atoms with Gasteiger partial charge in [-0.05, 0) is 24.5 Å². The number of halogens is 3. The lowest BCUT2D eigenvalue weighted by atomic mass is 9.97. The summed E-state index contributed by atoms with van der Waals surface area (Å²) in [4.78, 5) is 3.69. The Morgan fingerprint density at radius 1 is 1.33 bits per heavy atom. The second-order valence-corrected chi connectivity index (χ2v) is 4.61. The molecule has 0 saturated carbocycles. The van der Waals surface area contributed by atoms with E-state index in [9.17, 15) is 18.3 Å². The number of rotatable bonds is 5. The Kier molecular flexibility index (Phi) is 5.14.